The van der Waals surface area contributed by atoms with Gasteiger partial charge in [-0.1, -0.05) is 0 Å². The lowest BCUT2D eigenvalue weighted by Crippen LogP contribution is -2.43. The van der Waals surface area contributed by atoms with Gasteiger partial charge in [0.05, 0.1) is 6.04 Å². The minimum Gasteiger partial charge on any atom is -0.308 e. The molecule has 0 aromatic rings. The molecule has 1 atom stereocenters. The number of rotatable bonds is 5. The predicted molar refractivity (Wildman–Crippen MR) is 62.9 cm³/mol. The molecule has 0 bridgehead atoms. The van der Waals surface area contributed by atoms with Crippen LogP contribution in [-0.4, -0.2) is 42.0 Å². The van der Waals surface area contributed by atoms with Gasteiger partial charge in [-0.05, 0) is 34.1 Å². The maximum Gasteiger partial charge on any atom is 0.264 e. The van der Waals surface area contributed by atoms with Crippen molar-refractivity contribution in [3.63, 3.8) is 0 Å². The highest BCUT2D eigenvalue weighted by molar-refractivity contribution is 4.91. The molecule has 0 radical (unpaired) electrons. The minimum atomic E-state index is -2.51. The Labute approximate surface area is 97.4 Å². The molecule has 2 nitrogen and oxygen atoms in total. The fraction of sp³-hybridized carbons (Fsp3) is 1.00. The molecule has 0 aliphatic carbocycles. The van der Waals surface area contributed by atoms with Crippen LogP contribution in [0.5, 0.6) is 0 Å². The Balaban J connectivity index is 2.43. The molecule has 1 aliphatic heterocycles. The van der Waals surface area contributed by atoms with E-state index >= 15 is 0 Å². The van der Waals surface area contributed by atoms with E-state index in [-0.39, 0.29) is 6.42 Å². The van der Waals surface area contributed by atoms with Crippen molar-refractivity contribution in [2.45, 2.75) is 64.6 Å². The highest BCUT2D eigenvalue weighted by atomic mass is 19.3. The SMILES string of the molecule is CC(C)N(CCC1NCCC1(F)F)C(C)C. The topological polar surface area (TPSA) is 15.3 Å². The van der Waals surface area contributed by atoms with Crippen LogP contribution in [0.3, 0.4) is 0 Å². The molecule has 0 saturated carbocycles. The Morgan fingerprint density at radius 3 is 2.19 bits per heavy atom. The molecule has 16 heavy (non-hydrogen) atoms. The first kappa shape index (κ1) is 13.8. The van der Waals surface area contributed by atoms with E-state index in [0.29, 0.717) is 25.0 Å². The van der Waals surface area contributed by atoms with E-state index in [1.54, 1.807) is 0 Å². The normalized spacial score (nSPS) is 24.9. The lowest BCUT2D eigenvalue weighted by atomic mass is 10.1. The molecule has 1 rings (SSSR count). The van der Waals surface area contributed by atoms with Gasteiger partial charge in [0.25, 0.3) is 5.92 Å². The summed E-state index contributed by atoms with van der Waals surface area (Å²) in [6.07, 6.45) is 0.518. The third-order valence-electron chi connectivity index (χ3n) is 3.36. The van der Waals surface area contributed by atoms with E-state index in [9.17, 15) is 8.78 Å². The molecule has 1 heterocycles. The van der Waals surface area contributed by atoms with Crippen molar-refractivity contribution in [3.8, 4) is 0 Å². The Kier molecular flexibility index (Phi) is 4.68. The maximum atomic E-state index is 13.4. The number of halogens is 2. The van der Waals surface area contributed by atoms with Gasteiger partial charge in [0.2, 0.25) is 0 Å². The number of nitrogens with one attached hydrogen (secondary N) is 1. The van der Waals surface area contributed by atoms with Gasteiger partial charge in [0.15, 0.2) is 0 Å². The zero-order chi connectivity index (χ0) is 12.3. The summed E-state index contributed by atoms with van der Waals surface area (Å²) in [5, 5.41) is 2.90. The van der Waals surface area contributed by atoms with Crippen molar-refractivity contribution >= 4 is 0 Å². The molecule has 0 aromatic carbocycles. The first-order valence-electron chi connectivity index (χ1n) is 6.21. The molecular formula is C12H24F2N2. The van der Waals surface area contributed by atoms with Crippen LogP contribution in [0.15, 0.2) is 0 Å². The molecule has 1 fully saturated rings. The van der Waals surface area contributed by atoms with Crippen molar-refractivity contribution in [3.05, 3.63) is 0 Å². The van der Waals surface area contributed by atoms with Gasteiger partial charge >= 0.3 is 0 Å². The first-order chi connectivity index (χ1) is 7.34. The number of alkyl halides is 2. The molecule has 1 aliphatic rings. The molecule has 1 unspecified atom stereocenters. The monoisotopic (exact) mass is 234 g/mol. The van der Waals surface area contributed by atoms with Gasteiger partial charge in [-0.25, -0.2) is 8.78 Å². The average molecular weight is 234 g/mol. The zero-order valence-corrected chi connectivity index (χ0v) is 10.8. The van der Waals surface area contributed by atoms with Gasteiger partial charge in [0.1, 0.15) is 0 Å². The lowest BCUT2D eigenvalue weighted by molar-refractivity contribution is -0.0172. The van der Waals surface area contributed by atoms with Gasteiger partial charge in [0, 0.05) is 31.6 Å². The predicted octanol–water partition coefficient (Wildman–Crippen LogP) is 2.49. The highest BCUT2D eigenvalue weighted by Crippen LogP contribution is 2.29. The zero-order valence-electron chi connectivity index (χ0n) is 10.8. The standard InChI is InChI=1S/C12H24F2N2/c1-9(2)16(10(3)4)8-5-11-12(13,14)6-7-15-11/h9-11,15H,5-8H2,1-4H3. The van der Waals surface area contributed by atoms with Gasteiger partial charge in [-0.3, -0.25) is 4.90 Å². The fourth-order valence-corrected chi connectivity index (χ4v) is 2.44. The fourth-order valence-electron chi connectivity index (χ4n) is 2.44. The average Bonchev–Trinajstić information content (AvgIpc) is 2.44. The second kappa shape index (κ2) is 5.41. The van der Waals surface area contributed by atoms with Gasteiger partial charge in [-0.2, -0.15) is 0 Å². The number of hydrogen-bond acceptors (Lipinski definition) is 2. The summed E-state index contributed by atoms with van der Waals surface area (Å²) in [5.41, 5.74) is 0. The summed E-state index contributed by atoms with van der Waals surface area (Å²) >= 11 is 0. The molecule has 0 amide bonds. The van der Waals surface area contributed by atoms with Gasteiger partial charge < -0.3 is 5.32 Å². The van der Waals surface area contributed by atoms with Crippen LogP contribution in [0.1, 0.15) is 40.5 Å². The molecule has 0 spiro atoms. The Hall–Kier alpha value is -0.220. The van der Waals surface area contributed by atoms with Crippen molar-refractivity contribution in [1.82, 2.24) is 10.2 Å². The van der Waals surface area contributed by atoms with Crippen LogP contribution in [0.25, 0.3) is 0 Å². The van der Waals surface area contributed by atoms with Crippen LogP contribution >= 0.6 is 0 Å². The number of hydrogen-bond donors (Lipinski definition) is 1. The van der Waals surface area contributed by atoms with Crippen LogP contribution in [-0.2, 0) is 0 Å². The maximum absolute atomic E-state index is 13.4. The van der Waals surface area contributed by atoms with Crippen molar-refractivity contribution < 1.29 is 8.78 Å². The van der Waals surface area contributed by atoms with E-state index in [2.05, 4.69) is 37.9 Å². The lowest BCUT2D eigenvalue weighted by Gasteiger charge is -2.32. The summed E-state index contributed by atoms with van der Waals surface area (Å²) in [5.74, 6) is -2.51. The van der Waals surface area contributed by atoms with Crippen LogP contribution in [0, 0.1) is 0 Å². The van der Waals surface area contributed by atoms with Crippen molar-refractivity contribution in [1.29, 1.82) is 0 Å². The third-order valence-corrected chi connectivity index (χ3v) is 3.36. The Morgan fingerprint density at radius 1 is 1.25 bits per heavy atom. The van der Waals surface area contributed by atoms with E-state index in [4.69, 9.17) is 0 Å². The molecule has 1 saturated heterocycles. The third kappa shape index (κ3) is 3.39. The molecular weight excluding hydrogens is 210 g/mol. The van der Waals surface area contributed by atoms with E-state index < -0.39 is 12.0 Å². The Bertz CT molecular complexity index is 207. The van der Waals surface area contributed by atoms with Crippen molar-refractivity contribution in [2.24, 2.45) is 0 Å². The molecule has 4 heteroatoms. The Morgan fingerprint density at radius 2 is 1.81 bits per heavy atom. The first-order valence-corrected chi connectivity index (χ1v) is 6.21. The summed E-state index contributed by atoms with van der Waals surface area (Å²) < 4.78 is 26.8. The van der Waals surface area contributed by atoms with Crippen LogP contribution in [0.4, 0.5) is 8.78 Å². The number of nitrogens with zero attached hydrogens (tertiary/aromatic N) is 1. The summed E-state index contributed by atoms with van der Waals surface area (Å²) in [7, 11) is 0. The highest BCUT2D eigenvalue weighted by Gasteiger charge is 2.43. The largest absolute Gasteiger partial charge is 0.308 e. The summed E-state index contributed by atoms with van der Waals surface area (Å²) in [4.78, 5) is 2.26. The van der Waals surface area contributed by atoms with Crippen LogP contribution < -0.4 is 5.32 Å². The smallest absolute Gasteiger partial charge is 0.264 e. The second-order valence-corrected chi connectivity index (χ2v) is 5.23. The summed E-state index contributed by atoms with van der Waals surface area (Å²) in [6, 6.07) is 0.192. The van der Waals surface area contributed by atoms with Crippen LogP contribution in [0.2, 0.25) is 0 Å². The summed E-state index contributed by atoms with van der Waals surface area (Å²) in [6.45, 7) is 9.63. The van der Waals surface area contributed by atoms with Crippen molar-refractivity contribution in [2.75, 3.05) is 13.1 Å². The van der Waals surface area contributed by atoms with Gasteiger partial charge in [-0.15, -0.1) is 0 Å². The second-order valence-electron chi connectivity index (χ2n) is 5.23. The van der Waals surface area contributed by atoms with E-state index in [1.807, 2.05) is 0 Å². The quantitative estimate of drug-likeness (QED) is 0.786. The van der Waals surface area contributed by atoms with E-state index in [0.717, 1.165) is 6.54 Å². The molecule has 0 aromatic heterocycles. The molecule has 96 valence electrons. The minimum absolute atomic E-state index is 0.0129. The van der Waals surface area contributed by atoms with E-state index in [1.165, 1.54) is 0 Å². The molecule has 1 N–H and O–H groups in total.